The molecule has 0 bridgehead atoms. The van der Waals surface area contributed by atoms with Crippen LogP contribution in [0.25, 0.3) is 0 Å². The predicted molar refractivity (Wildman–Crippen MR) is 105 cm³/mol. The molecule has 0 radical (unpaired) electrons. The molecule has 2 aromatic rings. The molecular weight excluding hydrogens is 344 g/mol. The van der Waals surface area contributed by atoms with Crippen molar-refractivity contribution in [3.63, 3.8) is 0 Å². The molecule has 146 valence electrons. The highest BCUT2D eigenvalue weighted by Crippen LogP contribution is 2.25. The van der Waals surface area contributed by atoms with Gasteiger partial charge in [0.25, 0.3) is 5.91 Å². The van der Waals surface area contributed by atoms with E-state index in [1.54, 1.807) is 7.05 Å². The predicted octanol–water partition coefficient (Wildman–Crippen LogP) is 2.81. The van der Waals surface area contributed by atoms with Crippen LogP contribution in [0.2, 0.25) is 0 Å². The Morgan fingerprint density at radius 2 is 1.78 bits per heavy atom. The van der Waals surface area contributed by atoms with Gasteiger partial charge in [0.2, 0.25) is 5.91 Å². The van der Waals surface area contributed by atoms with E-state index in [1.165, 1.54) is 14.0 Å². The molecule has 0 aliphatic rings. The van der Waals surface area contributed by atoms with Crippen molar-refractivity contribution in [1.82, 2.24) is 5.32 Å². The second-order valence-electron chi connectivity index (χ2n) is 6.10. The van der Waals surface area contributed by atoms with E-state index >= 15 is 0 Å². The van der Waals surface area contributed by atoms with E-state index in [-0.39, 0.29) is 11.8 Å². The van der Waals surface area contributed by atoms with Crippen molar-refractivity contribution in [3.8, 4) is 5.75 Å². The van der Waals surface area contributed by atoms with Crippen molar-refractivity contribution in [1.29, 1.82) is 0 Å². The minimum Gasteiger partial charge on any atom is -0.489 e. The number of likely N-dealkylation sites (N-methyl/N-ethyl adjacent to an activating group) is 1. The molecule has 0 aromatic heterocycles. The maximum Gasteiger partial charge on any atom is 0.253 e. The molecule has 6 heteroatoms. The smallest absolute Gasteiger partial charge is 0.253 e. The van der Waals surface area contributed by atoms with Gasteiger partial charge in [0.1, 0.15) is 12.4 Å². The molecule has 0 saturated heterocycles. The van der Waals surface area contributed by atoms with Gasteiger partial charge in [-0.1, -0.05) is 36.4 Å². The molecule has 3 N–H and O–H groups in total. The van der Waals surface area contributed by atoms with Gasteiger partial charge in [-0.05, 0) is 42.2 Å². The maximum atomic E-state index is 12.0. The van der Waals surface area contributed by atoms with Gasteiger partial charge in [-0.3, -0.25) is 9.59 Å². The molecule has 0 spiro atoms. The summed E-state index contributed by atoms with van der Waals surface area (Å²) in [7, 11) is 3.13. The van der Waals surface area contributed by atoms with E-state index in [0.29, 0.717) is 6.61 Å². The Hall–Kier alpha value is -2.86. The van der Waals surface area contributed by atoms with Crippen molar-refractivity contribution in [2.45, 2.75) is 33.5 Å². The van der Waals surface area contributed by atoms with Gasteiger partial charge in [-0.2, -0.15) is 0 Å². The van der Waals surface area contributed by atoms with E-state index < -0.39 is 6.10 Å². The number of ether oxygens (including phenoxy) is 2. The average Bonchev–Trinajstić information content (AvgIpc) is 2.63. The second-order valence-corrected chi connectivity index (χ2v) is 6.10. The Bertz CT molecular complexity index is 771. The Morgan fingerprint density at radius 1 is 1.15 bits per heavy atom. The van der Waals surface area contributed by atoms with Gasteiger partial charge < -0.3 is 20.5 Å². The first-order valence-electron chi connectivity index (χ1n) is 8.58. The fourth-order valence-electron chi connectivity index (χ4n) is 2.45. The third kappa shape index (κ3) is 7.11. The van der Waals surface area contributed by atoms with Gasteiger partial charge in [0, 0.05) is 21.1 Å². The standard InChI is InChI=1S/C19H23NO3.C2H5NO/c1-13-9-10-14(2)17(11-13)23-12-15-7-5-6-8-16(15)18(22-4)19(21)20-3;1-2(3)4/h5-11,18H,12H2,1-4H3,(H,20,21);1H3,(H2,3,4). The Labute approximate surface area is 160 Å². The number of aryl methyl sites for hydroxylation is 2. The number of nitrogens with one attached hydrogen (secondary N) is 1. The number of hydrogen-bond acceptors (Lipinski definition) is 4. The molecule has 0 aliphatic heterocycles. The lowest BCUT2D eigenvalue weighted by atomic mass is 10.0. The normalized spacial score (nSPS) is 11.0. The summed E-state index contributed by atoms with van der Waals surface area (Å²) in [5, 5.41) is 2.63. The zero-order valence-electron chi connectivity index (χ0n) is 16.5. The molecule has 0 heterocycles. The first-order valence-corrected chi connectivity index (χ1v) is 8.58. The lowest BCUT2D eigenvalue weighted by molar-refractivity contribution is -0.131. The number of rotatable bonds is 6. The molecule has 2 amide bonds. The average molecular weight is 372 g/mol. The van der Waals surface area contributed by atoms with Gasteiger partial charge in [0.15, 0.2) is 6.10 Å². The number of carbonyl (C=O) groups is 2. The molecule has 2 rings (SSSR count). The van der Waals surface area contributed by atoms with Crippen molar-refractivity contribution < 1.29 is 19.1 Å². The highest BCUT2D eigenvalue weighted by Gasteiger charge is 2.21. The number of hydrogen-bond donors (Lipinski definition) is 2. The highest BCUT2D eigenvalue weighted by molar-refractivity contribution is 5.82. The van der Waals surface area contributed by atoms with E-state index in [9.17, 15) is 9.59 Å². The van der Waals surface area contributed by atoms with Crippen LogP contribution in [0.3, 0.4) is 0 Å². The summed E-state index contributed by atoms with van der Waals surface area (Å²) in [5.41, 5.74) is 8.46. The molecular formula is C21H28N2O4. The minimum absolute atomic E-state index is 0.174. The minimum atomic E-state index is -0.640. The first kappa shape index (κ1) is 22.2. The molecule has 6 nitrogen and oxygen atoms in total. The highest BCUT2D eigenvalue weighted by atomic mass is 16.5. The zero-order chi connectivity index (χ0) is 20.4. The van der Waals surface area contributed by atoms with Crippen molar-refractivity contribution >= 4 is 11.8 Å². The van der Waals surface area contributed by atoms with Crippen LogP contribution in [0, 0.1) is 13.8 Å². The summed E-state index contributed by atoms with van der Waals surface area (Å²) >= 11 is 0. The summed E-state index contributed by atoms with van der Waals surface area (Å²) in [6.45, 7) is 5.74. The zero-order valence-corrected chi connectivity index (χ0v) is 16.5. The van der Waals surface area contributed by atoms with E-state index in [0.717, 1.165) is 28.0 Å². The van der Waals surface area contributed by atoms with Gasteiger partial charge >= 0.3 is 0 Å². The summed E-state index contributed by atoms with van der Waals surface area (Å²) in [6.07, 6.45) is -0.640. The SMILES string of the molecule is CC(N)=O.CNC(=O)C(OC)c1ccccc1COc1cc(C)ccc1C. The number of amides is 2. The van der Waals surface area contributed by atoms with Crippen LogP contribution in [-0.4, -0.2) is 26.0 Å². The molecule has 0 aliphatic carbocycles. The Balaban J connectivity index is 0.000000828. The quantitative estimate of drug-likeness (QED) is 0.816. The van der Waals surface area contributed by atoms with Crippen LogP contribution in [0.1, 0.15) is 35.3 Å². The molecule has 0 saturated carbocycles. The summed E-state index contributed by atoms with van der Waals surface area (Å²) in [5.74, 6) is 0.348. The first-order chi connectivity index (χ1) is 12.8. The summed E-state index contributed by atoms with van der Waals surface area (Å²) in [6, 6.07) is 13.8. The second kappa shape index (κ2) is 11.0. The van der Waals surface area contributed by atoms with E-state index in [1.807, 2.05) is 50.2 Å². The molecule has 1 unspecified atom stereocenters. The van der Waals surface area contributed by atoms with E-state index in [2.05, 4.69) is 17.1 Å². The van der Waals surface area contributed by atoms with E-state index in [4.69, 9.17) is 9.47 Å². The number of primary amides is 1. The van der Waals surface area contributed by atoms with Crippen LogP contribution in [0.4, 0.5) is 0 Å². The lowest BCUT2D eigenvalue weighted by Gasteiger charge is -2.18. The largest absolute Gasteiger partial charge is 0.489 e. The van der Waals surface area contributed by atoms with Gasteiger partial charge in [-0.25, -0.2) is 0 Å². The lowest BCUT2D eigenvalue weighted by Crippen LogP contribution is -2.27. The fraction of sp³-hybridized carbons (Fsp3) is 0.333. The van der Waals surface area contributed by atoms with Crippen LogP contribution in [0.5, 0.6) is 5.75 Å². The monoisotopic (exact) mass is 372 g/mol. The number of carbonyl (C=O) groups excluding carboxylic acids is 2. The molecule has 0 fully saturated rings. The molecule has 1 atom stereocenters. The van der Waals surface area contributed by atoms with Crippen LogP contribution < -0.4 is 15.8 Å². The molecule has 27 heavy (non-hydrogen) atoms. The summed E-state index contributed by atoms with van der Waals surface area (Å²) in [4.78, 5) is 21.2. The topological polar surface area (TPSA) is 90.7 Å². The third-order valence-corrected chi connectivity index (χ3v) is 3.78. The Kier molecular flexibility index (Phi) is 9.02. The number of nitrogens with two attached hydrogens (primary N) is 1. The maximum absolute atomic E-state index is 12.0. The summed E-state index contributed by atoms with van der Waals surface area (Å²) < 4.78 is 11.3. The number of benzene rings is 2. The molecule has 2 aromatic carbocycles. The van der Waals surface area contributed by atoms with Crippen LogP contribution in [-0.2, 0) is 20.9 Å². The van der Waals surface area contributed by atoms with Crippen molar-refractivity contribution in [3.05, 3.63) is 64.7 Å². The van der Waals surface area contributed by atoms with Gasteiger partial charge in [-0.15, -0.1) is 0 Å². The van der Waals surface area contributed by atoms with Gasteiger partial charge in [0.05, 0.1) is 0 Å². The van der Waals surface area contributed by atoms with Crippen LogP contribution >= 0.6 is 0 Å². The fourth-order valence-corrected chi connectivity index (χ4v) is 2.45. The number of methoxy groups -OCH3 is 1. The Morgan fingerprint density at radius 3 is 2.37 bits per heavy atom. The third-order valence-electron chi connectivity index (χ3n) is 3.78. The van der Waals surface area contributed by atoms with Crippen molar-refractivity contribution in [2.24, 2.45) is 5.73 Å². The van der Waals surface area contributed by atoms with Crippen molar-refractivity contribution in [2.75, 3.05) is 14.2 Å². The van der Waals surface area contributed by atoms with Crippen LogP contribution in [0.15, 0.2) is 42.5 Å².